The number of hydrogen-bond donors (Lipinski definition) is 6. The molecule has 5 atom stereocenters. The summed E-state index contributed by atoms with van der Waals surface area (Å²) in [7, 11) is 0. The van der Waals surface area contributed by atoms with Crippen LogP contribution in [0.5, 0.6) is 0 Å². The molecule has 1 heterocycles. The topological polar surface area (TPSA) is 157 Å². The minimum absolute atomic E-state index is 0.0198. The van der Waals surface area contributed by atoms with Crippen molar-refractivity contribution in [2.75, 3.05) is 59.0 Å². The first-order valence-corrected chi connectivity index (χ1v) is 13.4. The number of nitrogens with one attached hydrogen (secondary N) is 1. The van der Waals surface area contributed by atoms with Crippen LogP contribution in [0, 0.1) is 0 Å². The Bertz CT molecular complexity index is 605. The molecule has 212 valence electrons. The van der Waals surface area contributed by atoms with Crippen molar-refractivity contribution in [3.63, 3.8) is 0 Å². The highest BCUT2D eigenvalue weighted by molar-refractivity contribution is 5.96. The lowest BCUT2D eigenvalue weighted by molar-refractivity contribution is -0.151. The zero-order chi connectivity index (χ0) is 27.1. The predicted octanol–water partition coefficient (Wildman–Crippen LogP) is -1.25. The number of rotatable bonds is 20. The highest BCUT2D eigenvalue weighted by Gasteiger charge is 2.40. The molecule has 0 spiro atoms. The number of aliphatic hydroxyl groups excluding tert-OH is 5. The summed E-state index contributed by atoms with van der Waals surface area (Å²) in [6.45, 7) is 8.41. The number of hydrogen-bond acceptors (Lipinski definition) is 9. The van der Waals surface area contributed by atoms with Crippen LogP contribution < -0.4 is 5.32 Å². The number of aliphatic hydroxyl groups is 5. The highest BCUT2D eigenvalue weighted by atomic mass is 16.3. The number of piperazine rings is 1. The summed E-state index contributed by atoms with van der Waals surface area (Å²) < 4.78 is 0. The molecule has 0 aliphatic carbocycles. The van der Waals surface area contributed by atoms with E-state index in [1.54, 1.807) is 20.8 Å². The van der Waals surface area contributed by atoms with E-state index >= 15 is 0 Å². The van der Waals surface area contributed by atoms with Crippen LogP contribution in [-0.2, 0) is 9.59 Å². The van der Waals surface area contributed by atoms with Gasteiger partial charge in [0.1, 0.15) is 12.1 Å². The van der Waals surface area contributed by atoms with E-state index in [-0.39, 0.29) is 31.6 Å². The van der Waals surface area contributed by atoms with Crippen LogP contribution in [0.2, 0.25) is 0 Å². The minimum atomic E-state index is -0.749. The van der Waals surface area contributed by atoms with E-state index < -0.39 is 30.4 Å². The third-order valence-electron chi connectivity index (χ3n) is 6.33. The highest BCUT2D eigenvalue weighted by Crippen LogP contribution is 2.19. The fraction of sp³-hybridized carbons (Fsp3) is 0.920. The molecule has 1 aliphatic heterocycles. The van der Waals surface area contributed by atoms with Crippen molar-refractivity contribution in [2.45, 2.75) is 89.7 Å². The largest absolute Gasteiger partial charge is 0.395 e. The van der Waals surface area contributed by atoms with Gasteiger partial charge in [-0.25, -0.2) is 0 Å². The van der Waals surface area contributed by atoms with E-state index in [1.807, 2.05) is 9.80 Å². The fourth-order valence-corrected chi connectivity index (χ4v) is 4.79. The SMILES string of the molecule is CC(O)CN(CCCCC1C(=O)NC(CCCCN(CCO)CCO)C(=O)N1CC(C)O)CC(C)O. The number of unbranched alkanes of at least 4 members (excludes halogenated alkanes) is 2. The normalized spacial score (nSPS) is 21.2. The predicted molar refractivity (Wildman–Crippen MR) is 137 cm³/mol. The average Bonchev–Trinajstić information content (AvgIpc) is 2.77. The van der Waals surface area contributed by atoms with E-state index in [4.69, 9.17) is 10.2 Å². The molecule has 1 saturated heterocycles. The Balaban J connectivity index is 2.62. The molecule has 11 heteroatoms. The van der Waals surface area contributed by atoms with Gasteiger partial charge in [-0.3, -0.25) is 19.4 Å². The lowest BCUT2D eigenvalue weighted by atomic mass is 9.98. The average molecular weight is 519 g/mol. The van der Waals surface area contributed by atoms with Gasteiger partial charge in [0.05, 0.1) is 31.5 Å². The van der Waals surface area contributed by atoms with Gasteiger partial charge in [-0.05, 0) is 72.4 Å². The smallest absolute Gasteiger partial charge is 0.245 e. The second kappa shape index (κ2) is 18.0. The third kappa shape index (κ3) is 12.8. The van der Waals surface area contributed by atoms with Gasteiger partial charge in [0, 0.05) is 32.7 Å². The van der Waals surface area contributed by atoms with Crippen LogP contribution in [0.1, 0.15) is 59.3 Å². The number of carbonyl (C=O) groups excluding carboxylic acids is 2. The molecule has 1 aliphatic rings. The molecule has 0 radical (unpaired) electrons. The maximum absolute atomic E-state index is 13.2. The lowest BCUT2D eigenvalue weighted by Gasteiger charge is -2.40. The lowest BCUT2D eigenvalue weighted by Crippen LogP contribution is -2.64. The molecule has 0 bridgehead atoms. The fourth-order valence-electron chi connectivity index (χ4n) is 4.79. The molecule has 2 amide bonds. The molecule has 5 unspecified atom stereocenters. The zero-order valence-corrected chi connectivity index (χ0v) is 22.4. The molecule has 6 N–H and O–H groups in total. The van der Waals surface area contributed by atoms with E-state index in [1.165, 1.54) is 4.90 Å². The molecule has 36 heavy (non-hydrogen) atoms. The summed E-state index contributed by atoms with van der Waals surface area (Å²) in [5.74, 6) is -0.375. The molecular formula is C25H50N4O7. The molecule has 0 aromatic carbocycles. The van der Waals surface area contributed by atoms with Crippen LogP contribution >= 0.6 is 0 Å². The van der Waals surface area contributed by atoms with Gasteiger partial charge in [0.15, 0.2) is 0 Å². The van der Waals surface area contributed by atoms with Crippen molar-refractivity contribution in [1.82, 2.24) is 20.0 Å². The van der Waals surface area contributed by atoms with E-state index in [0.717, 1.165) is 12.8 Å². The standard InChI is InChI=1S/C25H50N4O7/c1-19(32)16-28(17-20(2)33)11-7-5-9-23-24(35)26-22(25(36)29(23)18-21(3)34)8-4-6-10-27(12-14-30)13-15-31/h19-23,30-34H,4-18H2,1-3H3,(H,26,35). The van der Waals surface area contributed by atoms with Crippen molar-refractivity contribution in [1.29, 1.82) is 0 Å². The summed E-state index contributed by atoms with van der Waals surface area (Å²) in [5.41, 5.74) is 0. The van der Waals surface area contributed by atoms with Crippen LogP contribution in [0.4, 0.5) is 0 Å². The molecule has 1 rings (SSSR count). The minimum Gasteiger partial charge on any atom is -0.395 e. The molecule has 0 aromatic rings. The van der Waals surface area contributed by atoms with Gasteiger partial charge in [0.25, 0.3) is 0 Å². The van der Waals surface area contributed by atoms with Crippen molar-refractivity contribution in [3.05, 3.63) is 0 Å². The Morgan fingerprint density at radius 3 is 1.81 bits per heavy atom. The van der Waals surface area contributed by atoms with Crippen molar-refractivity contribution >= 4 is 11.8 Å². The van der Waals surface area contributed by atoms with Gasteiger partial charge in [-0.2, -0.15) is 0 Å². The quantitative estimate of drug-likeness (QED) is 0.108. The molecule has 0 aromatic heterocycles. The summed E-state index contributed by atoms with van der Waals surface area (Å²) in [6.07, 6.45) is 2.14. The Kier molecular flexibility index (Phi) is 16.3. The van der Waals surface area contributed by atoms with Gasteiger partial charge in [0.2, 0.25) is 11.8 Å². The Morgan fingerprint density at radius 2 is 1.31 bits per heavy atom. The molecule has 11 nitrogen and oxygen atoms in total. The second-order valence-corrected chi connectivity index (χ2v) is 10.2. The monoisotopic (exact) mass is 518 g/mol. The molecule has 1 fully saturated rings. The van der Waals surface area contributed by atoms with Crippen LogP contribution in [0.3, 0.4) is 0 Å². The number of β-amino-alcohol motifs (C(OH)–C–C–N with tert-alkyl or cyclic N) is 1. The zero-order valence-electron chi connectivity index (χ0n) is 22.4. The summed E-state index contributed by atoms with van der Waals surface area (Å²) in [6, 6.07) is -1.25. The first-order chi connectivity index (χ1) is 17.1. The maximum atomic E-state index is 13.2. The van der Waals surface area contributed by atoms with Gasteiger partial charge < -0.3 is 35.7 Å². The van der Waals surface area contributed by atoms with E-state index in [0.29, 0.717) is 65.0 Å². The van der Waals surface area contributed by atoms with Crippen LogP contribution in [0.25, 0.3) is 0 Å². The Morgan fingerprint density at radius 1 is 0.778 bits per heavy atom. The second-order valence-electron chi connectivity index (χ2n) is 10.2. The summed E-state index contributed by atoms with van der Waals surface area (Å²) >= 11 is 0. The van der Waals surface area contributed by atoms with Gasteiger partial charge in [-0.15, -0.1) is 0 Å². The number of amides is 2. The first-order valence-electron chi connectivity index (χ1n) is 13.4. The first kappa shape index (κ1) is 32.7. The van der Waals surface area contributed by atoms with E-state index in [9.17, 15) is 24.9 Å². The van der Waals surface area contributed by atoms with Gasteiger partial charge >= 0.3 is 0 Å². The third-order valence-corrected chi connectivity index (χ3v) is 6.33. The molecular weight excluding hydrogens is 468 g/mol. The molecule has 0 saturated carbocycles. The van der Waals surface area contributed by atoms with Crippen molar-refractivity contribution < 1.29 is 35.1 Å². The van der Waals surface area contributed by atoms with Crippen LogP contribution in [0.15, 0.2) is 0 Å². The summed E-state index contributed by atoms with van der Waals surface area (Å²) in [5, 5.41) is 50.5. The van der Waals surface area contributed by atoms with Crippen molar-refractivity contribution in [2.24, 2.45) is 0 Å². The Hall–Kier alpha value is -1.34. The Labute approximate surface area is 216 Å². The number of nitrogens with zero attached hydrogens (tertiary/aromatic N) is 3. The number of carbonyl (C=O) groups is 2. The van der Waals surface area contributed by atoms with E-state index in [2.05, 4.69) is 5.32 Å². The summed E-state index contributed by atoms with van der Waals surface area (Å²) in [4.78, 5) is 31.6. The van der Waals surface area contributed by atoms with Gasteiger partial charge in [-0.1, -0.05) is 0 Å². The van der Waals surface area contributed by atoms with Crippen LogP contribution in [-0.4, -0.2) is 141 Å². The van der Waals surface area contributed by atoms with Crippen molar-refractivity contribution in [3.8, 4) is 0 Å². The maximum Gasteiger partial charge on any atom is 0.245 e.